The molecule has 1 amide bonds. The average molecular weight is 549 g/mol. The van der Waals surface area contributed by atoms with Crippen LogP contribution in [0.5, 0.6) is 0 Å². The summed E-state index contributed by atoms with van der Waals surface area (Å²) in [6.07, 6.45) is -1.59. The van der Waals surface area contributed by atoms with Gasteiger partial charge in [-0.3, -0.25) is 0 Å². The molecule has 3 rings (SSSR count). The number of thiazole rings is 1. The van der Waals surface area contributed by atoms with Crippen molar-refractivity contribution in [2.45, 2.75) is 63.7 Å². The van der Waals surface area contributed by atoms with Crippen molar-refractivity contribution in [1.82, 2.24) is 14.6 Å². The molecule has 9 nitrogen and oxygen atoms in total. The van der Waals surface area contributed by atoms with Crippen molar-refractivity contribution < 1.29 is 23.1 Å². The molecule has 0 spiro atoms. The van der Waals surface area contributed by atoms with E-state index in [0.717, 1.165) is 5.56 Å². The van der Waals surface area contributed by atoms with Gasteiger partial charge in [-0.25, -0.2) is 18.2 Å². The van der Waals surface area contributed by atoms with Crippen LogP contribution in [0.3, 0.4) is 0 Å². The lowest BCUT2D eigenvalue weighted by Crippen LogP contribution is -2.51. The summed E-state index contributed by atoms with van der Waals surface area (Å²) >= 11 is 1.21. The quantitative estimate of drug-likeness (QED) is 0.348. The molecule has 0 unspecified atom stereocenters. The van der Waals surface area contributed by atoms with E-state index in [1.807, 2.05) is 44.2 Å². The highest BCUT2D eigenvalue weighted by Gasteiger charge is 2.32. The predicted molar refractivity (Wildman–Crippen MR) is 147 cm³/mol. The minimum Gasteiger partial charge on any atom is -0.444 e. The topological polar surface area (TPSA) is 135 Å². The Balaban J connectivity index is 1.89. The van der Waals surface area contributed by atoms with E-state index in [2.05, 4.69) is 10.3 Å². The number of hydrogen-bond acceptors (Lipinski definition) is 8. The highest BCUT2D eigenvalue weighted by Crippen LogP contribution is 2.28. The third-order valence-corrected chi connectivity index (χ3v) is 8.11. The molecule has 2 atom stereocenters. The number of nitrogen functional groups attached to an aromatic ring is 1. The molecule has 2 aromatic carbocycles. The first-order valence-corrected chi connectivity index (χ1v) is 14.4. The van der Waals surface area contributed by atoms with E-state index >= 15 is 0 Å². The highest BCUT2D eigenvalue weighted by atomic mass is 32.2. The van der Waals surface area contributed by atoms with Crippen molar-refractivity contribution in [3.05, 3.63) is 54.1 Å². The standard InChI is InChI=1S/C26H36N4O5S2/c1-17(2)15-30(37(33,34)19-11-12-20-23(14-19)36-24(27)28-20)16-22(31)21(13-18-9-7-6-8-10-18)29-25(32)35-26(3,4)5/h6-12,14,17,21-22,31H,13,15-16H2,1-5H3,(H2,27,28)(H,29,32)/t21-,22+/m0/s1. The molecular formula is C26H36N4O5S2. The number of amides is 1. The molecule has 0 fully saturated rings. The number of aliphatic hydroxyl groups excluding tert-OH is 1. The number of aliphatic hydroxyl groups is 1. The zero-order valence-electron chi connectivity index (χ0n) is 21.8. The Hall–Kier alpha value is -2.73. The van der Waals surface area contributed by atoms with Gasteiger partial charge in [-0.15, -0.1) is 0 Å². The Bertz CT molecular complexity index is 1300. The van der Waals surface area contributed by atoms with Gasteiger partial charge in [-0.2, -0.15) is 4.31 Å². The second-order valence-electron chi connectivity index (χ2n) is 10.4. The van der Waals surface area contributed by atoms with Gasteiger partial charge in [-0.05, 0) is 56.9 Å². The number of carbonyl (C=O) groups excluding carboxylic acids is 1. The summed E-state index contributed by atoms with van der Waals surface area (Å²) in [6, 6.07) is 13.3. The van der Waals surface area contributed by atoms with Crippen LogP contribution in [0.25, 0.3) is 10.2 Å². The Labute approximate surface area is 222 Å². The molecule has 0 aliphatic carbocycles. The monoisotopic (exact) mass is 548 g/mol. The first-order chi connectivity index (χ1) is 17.2. The average Bonchev–Trinajstić information content (AvgIpc) is 3.16. The van der Waals surface area contributed by atoms with Crippen molar-refractivity contribution in [2.75, 3.05) is 18.8 Å². The molecule has 3 aromatic rings. The van der Waals surface area contributed by atoms with Gasteiger partial charge in [-0.1, -0.05) is 55.5 Å². The van der Waals surface area contributed by atoms with Crippen molar-refractivity contribution in [3.8, 4) is 0 Å². The lowest BCUT2D eigenvalue weighted by atomic mass is 10.0. The molecule has 1 heterocycles. The van der Waals surface area contributed by atoms with Gasteiger partial charge < -0.3 is 20.9 Å². The number of sulfonamides is 1. The molecule has 0 aliphatic heterocycles. The Kier molecular flexibility index (Phi) is 9.17. The minimum atomic E-state index is -3.97. The zero-order chi connectivity index (χ0) is 27.4. The summed E-state index contributed by atoms with van der Waals surface area (Å²) in [4.78, 5) is 16.9. The van der Waals surface area contributed by atoms with Crippen LogP contribution in [0.1, 0.15) is 40.2 Å². The number of alkyl carbamates (subject to hydrolysis) is 1. The Morgan fingerprint density at radius 1 is 1.16 bits per heavy atom. The number of hydrogen-bond donors (Lipinski definition) is 3. The van der Waals surface area contributed by atoms with Crippen LogP contribution < -0.4 is 11.1 Å². The number of nitrogens with two attached hydrogens (primary N) is 1. The number of aromatic nitrogens is 1. The minimum absolute atomic E-state index is 0.00357. The number of fused-ring (bicyclic) bond motifs is 1. The van der Waals surface area contributed by atoms with Gasteiger partial charge in [0.1, 0.15) is 5.60 Å². The van der Waals surface area contributed by atoms with E-state index in [0.29, 0.717) is 21.8 Å². The van der Waals surface area contributed by atoms with Crippen molar-refractivity contribution in [3.63, 3.8) is 0 Å². The number of rotatable bonds is 10. The number of benzene rings is 2. The molecule has 4 N–H and O–H groups in total. The summed E-state index contributed by atoms with van der Waals surface area (Å²) in [5.74, 6) is -0.00357. The molecule has 1 aromatic heterocycles. The van der Waals surface area contributed by atoms with E-state index in [4.69, 9.17) is 10.5 Å². The fraction of sp³-hybridized carbons (Fsp3) is 0.462. The van der Waals surface area contributed by atoms with Crippen LogP contribution >= 0.6 is 11.3 Å². The first kappa shape index (κ1) is 28.8. The van der Waals surface area contributed by atoms with Crippen LogP contribution in [-0.4, -0.2) is 59.7 Å². The maximum Gasteiger partial charge on any atom is 0.407 e. The van der Waals surface area contributed by atoms with Crippen LogP contribution in [0, 0.1) is 5.92 Å². The van der Waals surface area contributed by atoms with Crippen molar-refractivity contribution in [2.24, 2.45) is 5.92 Å². The molecule has 202 valence electrons. The van der Waals surface area contributed by atoms with Crippen molar-refractivity contribution in [1.29, 1.82) is 0 Å². The van der Waals surface area contributed by atoms with Gasteiger partial charge in [0.2, 0.25) is 10.0 Å². The third-order valence-electron chi connectivity index (χ3n) is 5.44. The fourth-order valence-electron chi connectivity index (χ4n) is 3.86. The smallest absolute Gasteiger partial charge is 0.407 e. The molecule has 0 bridgehead atoms. The normalized spacial score (nSPS) is 14.2. The van der Waals surface area contributed by atoms with Crippen LogP contribution in [0.2, 0.25) is 0 Å². The summed E-state index contributed by atoms with van der Waals surface area (Å²) in [5, 5.41) is 14.4. The molecular weight excluding hydrogens is 512 g/mol. The third kappa shape index (κ3) is 8.13. The SMILES string of the molecule is CC(C)CN(C[C@@H](O)[C@H](Cc1ccccc1)NC(=O)OC(C)(C)C)S(=O)(=O)c1ccc2nc(N)sc2c1. The molecule has 0 aliphatic rings. The number of nitrogens with one attached hydrogen (secondary N) is 1. The van der Waals surface area contributed by atoms with Crippen molar-refractivity contribution >= 4 is 42.8 Å². The number of anilines is 1. The summed E-state index contributed by atoms with van der Waals surface area (Å²) in [6.45, 7) is 9.04. The lowest BCUT2D eigenvalue weighted by Gasteiger charge is -2.31. The largest absolute Gasteiger partial charge is 0.444 e. The van der Waals surface area contributed by atoms with Gasteiger partial charge in [0, 0.05) is 13.1 Å². The van der Waals surface area contributed by atoms with Crippen LogP contribution in [0.15, 0.2) is 53.4 Å². The van der Waals surface area contributed by atoms with Crippen LogP contribution in [-0.2, 0) is 21.2 Å². The second kappa shape index (κ2) is 11.8. The molecule has 0 saturated heterocycles. The molecule has 0 saturated carbocycles. The van der Waals surface area contributed by atoms with Gasteiger partial charge in [0.25, 0.3) is 0 Å². The van der Waals surface area contributed by atoms with Gasteiger partial charge in [0.05, 0.1) is 27.3 Å². The zero-order valence-corrected chi connectivity index (χ0v) is 23.5. The number of carbonyl (C=O) groups is 1. The number of ether oxygens (including phenoxy) is 1. The molecule has 37 heavy (non-hydrogen) atoms. The Morgan fingerprint density at radius 2 is 1.84 bits per heavy atom. The van der Waals surface area contributed by atoms with Gasteiger partial charge >= 0.3 is 6.09 Å². The van der Waals surface area contributed by atoms with E-state index < -0.39 is 33.9 Å². The lowest BCUT2D eigenvalue weighted by molar-refractivity contribution is 0.0400. The summed E-state index contributed by atoms with van der Waals surface area (Å²) < 4.78 is 34.7. The predicted octanol–water partition coefficient (Wildman–Crippen LogP) is 4.02. The maximum absolute atomic E-state index is 13.7. The van der Waals surface area contributed by atoms with E-state index in [1.54, 1.807) is 32.9 Å². The van der Waals surface area contributed by atoms with E-state index in [-0.39, 0.29) is 23.9 Å². The van der Waals surface area contributed by atoms with Crippen LogP contribution in [0.4, 0.5) is 9.93 Å². The Morgan fingerprint density at radius 3 is 2.46 bits per heavy atom. The molecule has 11 heteroatoms. The second-order valence-corrected chi connectivity index (χ2v) is 13.4. The van der Waals surface area contributed by atoms with E-state index in [9.17, 15) is 18.3 Å². The molecule has 0 radical (unpaired) electrons. The van der Waals surface area contributed by atoms with Gasteiger partial charge in [0.15, 0.2) is 5.13 Å². The van der Waals surface area contributed by atoms with E-state index in [1.165, 1.54) is 21.7 Å². The first-order valence-electron chi connectivity index (χ1n) is 12.1. The summed E-state index contributed by atoms with van der Waals surface area (Å²) in [7, 11) is -3.97. The highest BCUT2D eigenvalue weighted by molar-refractivity contribution is 7.89. The summed E-state index contributed by atoms with van der Waals surface area (Å²) in [5.41, 5.74) is 6.57. The fourth-order valence-corrected chi connectivity index (χ4v) is 6.35. The maximum atomic E-state index is 13.7. The number of nitrogens with zero attached hydrogens (tertiary/aromatic N) is 2.